The van der Waals surface area contributed by atoms with Gasteiger partial charge < -0.3 is 10.1 Å². The molecule has 32 heavy (non-hydrogen) atoms. The molecule has 0 fully saturated rings. The number of hydrazine groups is 1. The van der Waals surface area contributed by atoms with Gasteiger partial charge in [-0.15, -0.1) is 0 Å². The highest BCUT2D eigenvalue weighted by Gasteiger charge is 2.16. The first-order chi connectivity index (χ1) is 15.6. The minimum atomic E-state index is -0.806. The number of aromatic nitrogens is 2. The third kappa shape index (κ3) is 5.17. The molecule has 0 bridgehead atoms. The van der Waals surface area contributed by atoms with Crippen molar-refractivity contribution in [2.24, 2.45) is 0 Å². The van der Waals surface area contributed by atoms with Crippen LogP contribution in [0.4, 0.5) is 11.6 Å². The number of carbonyl (C=O) groups is 2. The number of ether oxygens (including phenoxy) is 1. The molecule has 160 valence electrons. The summed E-state index contributed by atoms with van der Waals surface area (Å²) in [7, 11) is 0. The van der Waals surface area contributed by atoms with E-state index in [1.54, 1.807) is 55.7 Å². The maximum atomic E-state index is 12.5. The quantitative estimate of drug-likeness (QED) is 0.406. The molecule has 8 nitrogen and oxygen atoms in total. The van der Waals surface area contributed by atoms with Gasteiger partial charge in [-0.05, 0) is 54.1 Å². The molecular formula is C24H21N5O3. The Kier molecular flexibility index (Phi) is 6.22. The van der Waals surface area contributed by atoms with Crippen LogP contribution in [0, 0.1) is 0 Å². The van der Waals surface area contributed by atoms with Crippen LogP contribution in [-0.4, -0.2) is 27.9 Å². The van der Waals surface area contributed by atoms with Crippen LogP contribution in [0.15, 0.2) is 85.2 Å². The van der Waals surface area contributed by atoms with Gasteiger partial charge in [-0.2, -0.15) is 0 Å². The maximum absolute atomic E-state index is 12.5. The van der Waals surface area contributed by atoms with E-state index >= 15 is 0 Å². The lowest BCUT2D eigenvalue weighted by atomic mass is 10.1. The zero-order valence-corrected chi connectivity index (χ0v) is 17.3. The number of amides is 2. The highest BCUT2D eigenvalue weighted by molar-refractivity contribution is 5.96. The lowest BCUT2D eigenvalue weighted by molar-refractivity contribution is -0.128. The largest absolute Gasteiger partial charge is 0.481 e. The number of anilines is 2. The van der Waals surface area contributed by atoms with Crippen molar-refractivity contribution in [2.45, 2.75) is 13.0 Å². The number of carbonyl (C=O) groups excluding carboxylic acids is 2. The van der Waals surface area contributed by atoms with E-state index in [-0.39, 0.29) is 0 Å². The summed E-state index contributed by atoms with van der Waals surface area (Å²) in [6, 6.07) is 22.0. The van der Waals surface area contributed by atoms with Crippen LogP contribution in [0.3, 0.4) is 0 Å². The van der Waals surface area contributed by atoms with E-state index in [2.05, 4.69) is 26.1 Å². The monoisotopic (exact) mass is 427 g/mol. The molecule has 0 radical (unpaired) electrons. The second kappa shape index (κ2) is 9.57. The lowest BCUT2D eigenvalue weighted by Gasteiger charge is -2.16. The maximum Gasteiger partial charge on any atom is 0.279 e. The number of rotatable bonds is 6. The number of fused-ring (bicyclic) bond motifs is 1. The molecular weight excluding hydrogens is 406 g/mol. The van der Waals surface area contributed by atoms with E-state index in [1.807, 2.05) is 36.4 Å². The summed E-state index contributed by atoms with van der Waals surface area (Å²) >= 11 is 0. The van der Waals surface area contributed by atoms with Crippen molar-refractivity contribution < 1.29 is 14.3 Å². The molecule has 1 heterocycles. The third-order valence-corrected chi connectivity index (χ3v) is 4.65. The van der Waals surface area contributed by atoms with Crippen molar-refractivity contribution in [1.29, 1.82) is 0 Å². The molecule has 0 saturated heterocycles. The second-order valence-electron chi connectivity index (χ2n) is 6.99. The van der Waals surface area contributed by atoms with Crippen molar-refractivity contribution in [3.05, 3.63) is 90.8 Å². The fourth-order valence-corrected chi connectivity index (χ4v) is 3.02. The number of benzene rings is 3. The van der Waals surface area contributed by atoms with E-state index in [0.29, 0.717) is 22.9 Å². The predicted octanol–water partition coefficient (Wildman–Crippen LogP) is 3.60. The van der Waals surface area contributed by atoms with Gasteiger partial charge in [0.15, 0.2) is 6.10 Å². The molecule has 0 saturated carbocycles. The number of hydrogen-bond acceptors (Lipinski definition) is 6. The number of hydrogen-bond donors (Lipinski definition) is 3. The summed E-state index contributed by atoms with van der Waals surface area (Å²) in [5, 5.41) is 5.11. The highest BCUT2D eigenvalue weighted by atomic mass is 16.5. The molecule has 0 aliphatic carbocycles. The molecule has 3 aromatic carbocycles. The molecule has 0 aliphatic rings. The summed E-state index contributed by atoms with van der Waals surface area (Å²) in [6.07, 6.45) is 2.42. The summed E-state index contributed by atoms with van der Waals surface area (Å²) < 4.78 is 5.72. The second-order valence-corrected chi connectivity index (χ2v) is 6.99. The van der Waals surface area contributed by atoms with Crippen LogP contribution in [0.5, 0.6) is 5.75 Å². The van der Waals surface area contributed by atoms with Crippen LogP contribution in [0.2, 0.25) is 0 Å². The molecule has 1 atom stereocenters. The minimum absolute atomic E-state index is 0.356. The van der Waals surface area contributed by atoms with Crippen molar-refractivity contribution in [1.82, 2.24) is 20.8 Å². The zero-order chi connectivity index (χ0) is 22.3. The van der Waals surface area contributed by atoms with Crippen LogP contribution in [0.25, 0.3) is 10.8 Å². The van der Waals surface area contributed by atoms with Gasteiger partial charge >= 0.3 is 0 Å². The van der Waals surface area contributed by atoms with Gasteiger partial charge in [-0.25, -0.2) is 9.97 Å². The predicted molar refractivity (Wildman–Crippen MR) is 121 cm³/mol. The van der Waals surface area contributed by atoms with Crippen molar-refractivity contribution in [3.8, 4) is 5.75 Å². The Morgan fingerprint density at radius 2 is 1.62 bits per heavy atom. The van der Waals surface area contributed by atoms with E-state index < -0.39 is 17.9 Å². The molecule has 0 spiro atoms. The van der Waals surface area contributed by atoms with Gasteiger partial charge in [0.25, 0.3) is 11.8 Å². The normalized spacial score (nSPS) is 11.4. The lowest BCUT2D eigenvalue weighted by Crippen LogP contribution is -2.47. The standard InChI is InChI=1S/C24H21N5O3/c1-16(32-21-11-10-17-6-2-3-7-18(17)15-21)22(30)28-29-23(31)19-8-4-9-20(14-19)27-24-25-12-5-13-26-24/h2-16H,1H3,(H,28,30)(H,29,31)(H,25,26,27)/t16-/m0/s1. The van der Waals surface area contributed by atoms with E-state index in [0.717, 1.165) is 10.8 Å². The summed E-state index contributed by atoms with van der Waals surface area (Å²) in [5.41, 5.74) is 5.81. The molecule has 4 aromatic rings. The minimum Gasteiger partial charge on any atom is -0.481 e. The average molecular weight is 427 g/mol. The first-order valence-corrected chi connectivity index (χ1v) is 9.98. The van der Waals surface area contributed by atoms with Crippen LogP contribution in [-0.2, 0) is 4.79 Å². The first kappa shape index (κ1) is 20.8. The topological polar surface area (TPSA) is 105 Å². The SMILES string of the molecule is C[C@H](Oc1ccc2ccccc2c1)C(=O)NNC(=O)c1cccc(Nc2ncccn2)c1. The van der Waals surface area contributed by atoms with E-state index in [4.69, 9.17) is 4.74 Å². The van der Waals surface area contributed by atoms with Gasteiger partial charge in [0, 0.05) is 23.6 Å². The van der Waals surface area contributed by atoms with Crippen LogP contribution >= 0.6 is 0 Å². The average Bonchev–Trinajstić information content (AvgIpc) is 2.83. The first-order valence-electron chi connectivity index (χ1n) is 9.98. The Labute approximate surface area is 184 Å². The summed E-state index contributed by atoms with van der Waals surface area (Å²) in [5.74, 6) is 0.0463. The fourth-order valence-electron chi connectivity index (χ4n) is 3.02. The molecule has 0 aliphatic heterocycles. The Balaban J connectivity index is 1.32. The van der Waals surface area contributed by atoms with Gasteiger partial charge in [-0.1, -0.05) is 36.4 Å². The highest BCUT2D eigenvalue weighted by Crippen LogP contribution is 2.21. The Morgan fingerprint density at radius 3 is 2.44 bits per heavy atom. The molecule has 8 heteroatoms. The van der Waals surface area contributed by atoms with Crippen molar-refractivity contribution in [3.63, 3.8) is 0 Å². The van der Waals surface area contributed by atoms with Gasteiger partial charge in [0.1, 0.15) is 5.75 Å². The Morgan fingerprint density at radius 1 is 0.844 bits per heavy atom. The third-order valence-electron chi connectivity index (χ3n) is 4.65. The summed E-state index contributed by atoms with van der Waals surface area (Å²) in [4.78, 5) is 33.0. The Bertz CT molecular complexity index is 1250. The number of nitrogens with zero attached hydrogens (tertiary/aromatic N) is 2. The molecule has 1 aromatic heterocycles. The molecule has 0 unspecified atom stereocenters. The molecule has 2 amide bonds. The summed E-state index contributed by atoms with van der Waals surface area (Å²) in [6.45, 7) is 1.61. The van der Waals surface area contributed by atoms with Crippen LogP contribution < -0.4 is 20.9 Å². The van der Waals surface area contributed by atoms with E-state index in [1.165, 1.54) is 0 Å². The van der Waals surface area contributed by atoms with Crippen molar-refractivity contribution >= 4 is 34.2 Å². The smallest absolute Gasteiger partial charge is 0.279 e. The fraction of sp³-hybridized carbons (Fsp3) is 0.0833. The van der Waals surface area contributed by atoms with Crippen LogP contribution in [0.1, 0.15) is 17.3 Å². The zero-order valence-electron chi connectivity index (χ0n) is 17.3. The molecule has 3 N–H and O–H groups in total. The van der Waals surface area contributed by atoms with E-state index in [9.17, 15) is 9.59 Å². The molecule has 4 rings (SSSR count). The van der Waals surface area contributed by atoms with Crippen molar-refractivity contribution in [2.75, 3.05) is 5.32 Å². The van der Waals surface area contributed by atoms with Gasteiger partial charge in [0.2, 0.25) is 5.95 Å². The number of nitrogens with one attached hydrogen (secondary N) is 3. The Hall–Kier alpha value is -4.46. The van der Waals surface area contributed by atoms with Gasteiger partial charge in [0.05, 0.1) is 0 Å². The van der Waals surface area contributed by atoms with Gasteiger partial charge in [-0.3, -0.25) is 20.4 Å².